The number of fused-ring (bicyclic) bond motifs is 2. The number of unbranched alkanes of at least 4 members (excludes halogenated alkanes) is 1. The van der Waals surface area contributed by atoms with E-state index in [1.807, 2.05) is 20.9 Å². The Labute approximate surface area is 264 Å². The van der Waals surface area contributed by atoms with Gasteiger partial charge in [0.1, 0.15) is 0 Å². The van der Waals surface area contributed by atoms with Crippen molar-refractivity contribution in [2.24, 2.45) is 23.7 Å². The van der Waals surface area contributed by atoms with Gasteiger partial charge in [-0.3, -0.25) is 14.9 Å². The molecule has 2 saturated carbocycles. The maximum absolute atomic E-state index is 14.2. The monoisotopic (exact) mass is 618 g/mol. The van der Waals surface area contributed by atoms with Crippen molar-refractivity contribution in [1.29, 1.82) is 0 Å². The van der Waals surface area contributed by atoms with Gasteiger partial charge in [0.15, 0.2) is 17.2 Å². The molecule has 0 bridgehead atoms. The van der Waals surface area contributed by atoms with Gasteiger partial charge in [-0.2, -0.15) is 0 Å². The lowest BCUT2D eigenvalue weighted by Gasteiger charge is -2.37. The Morgan fingerprint density at radius 1 is 1.16 bits per heavy atom. The maximum Gasteiger partial charge on any atom is 0.350 e. The summed E-state index contributed by atoms with van der Waals surface area (Å²) >= 11 is 0. The van der Waals surface area contributed by atoms with Crippen LogP contribution in [0.15, 0.2) is 11.1 Å². The molecule has 4 rings (SSSR count). The molecule has 4 aliphatic rings. The van der Waals surface area contributed by atoms with E-state index in [4.69, 9.17) is 9.47 Å². The number of ether oxygens (including phenoxy) is 2. The quantitative estimate of drug-likeness (QED) is 0.0512. The average molecular weight is 619 g/mol. The number of carbonyl (C=O) groups excluding carboxylic acids is 3. The second-order valence-electron chi connectivity index (χ2n) is 13.6. The van der Waals surface area contributed by atoms with Gasteiger partial charge in [0.25, 0.3) is 5.60 Å². The van der Waals surface area contributed by atoms with Crippen LogP contribution in [0.2, 0.25) is 0 Å². The van der Waals surface area contributed by atoms with Crippen LogP contribution >= 0.6 is 0 Å². The molecular weight excluding hydrogens is 560 g/mol. The topological polar surface area (TPSA) is 141 Å². The molecule has 4 fully saturated rings. The highest BCUT2D eigenvalue weighted by Crippen LogP contribution is 2.62. The second kappa shape index (κ2) is 16.2. The molecule has 0 radical (unpaired) electrons. The van der Waals surface area contributed by atoms with E-state index in [-0.39, 0.29) is 43.3 Å². The number of rotatable bonds is 18. The zero-order valence-electron chi connectivity index (χ0n) is 27.6. The summed E-state index contributed by atoms with van der Waals surface area (Å²) in [6.07, 6.45) is 10.2. The first-order valence-corrected chi connectivity index (χ1v) is 17.3. The fraction of sp³-hybridized carbons (Fsp3) is 0.853. The summed E-state index contributed by atoms with van der Waals surface area (Å²) in [6, 6.07) is 0. The molecule has 44 heavy (non-hydrogen) atoms. The Kier molecular flexibility index (Phi) is 13.0. The summed E-state index contributed by atoms with van der Waals surface area (Å²) < 4.78 is 12.1. The molecule has 10 nitrogen and oxygen atoms in total. The third kappa shape index (κ3) is 7.47. The number of allylic oxidation sites excluding steroid dienone is 1. The van der Waals surface area contributed by atoms with Crippen LogP contribution in [0.1, 0.15) is 97.8 Å². The Balaban J connectivity index is 1.51. The molecule has 0 aromatic rings. The first-order chi connectivity index (χ1) is 21.3. The maximum atomic E-state index is 14.2. The SMILES string of the molecule is CCCCC(CNCC)COC(=O)C12OC1(CC(CO)=C(C)CCC1CCNC(NCNC)C1)C(=O)C1CCCCC1C2=O. The summed E-state index contributed by atoms with van der Waals surface area (Å²) in [6.45, 7) is 9.37. The van der Waals surface area contributed by atoms with Crippen molar-refractivity contribution in [3.05, 3.63) is 11.1 Å². The van der Waals surface area contributed by atoms with Crippen molar-refractivity contribution in [3.8, 4) is 0 Å². The van der Waals surface area contributed by atoms with Gasteiger partial charge in [-0.1, -0.05) is 45.1 Å². The van der Waals surface area contributed by atoms with E-state index in [0.29, 0.717) is 24.3 Å². The highest BCUT2D eigenvalue weighted by molar-refractivity contribution is 6.23. The van der Waals surface area contributed by atoms with Crippen molar-refractivity contribution in [2.75, 3.05) is 46.6 Å². The summed E-state index contributed by atoms with van der Waals surface area (Å²) in [5.41, 5.74) is -1.76. The first kappa shape index (κ1) is 35.2. The number of carbonyl (C=O) groups is 3. The van der Waals surface area contributed by atoms with Gasteiger partial charge in [-0.15, -0.1) is 0 Å². The van der Waals surface area contributed by atoms with Crippen LogP contribution < -0.4 is 21.3 Å². The number of hydrogen-bond acceptors (Lipinski definition) is 10. The smallest absolute Gasteiger partial charge is 0.350 e. The molecule has 0 aromatic carbocycles. The minimum absolute atomic E-state index is 0.0629. The molecule has 0 aromatic heterocycles. The Morgan fingerprint density at radius 3 is 2.59 bits per heavy atom. The number of esters is 1. The van der Waals surface area contributed by atoms with Crippen LogP contribution in [-0.4, -0.2) is 86.6 Å². The molecule has 2 aliphatic carbocycles. The van der Waals surface area contributed by atoms with Gasteiger partial charge in [0.05, 0.1) is 19.4 Å². The molecule has 2 aliphatic heterocycles. The van der Waals surface area contributed by atoms with Crippen LogP contribution in [0.25, 0.3) is 0 Å². The molecule has 7 atom stereocenters. The number of nitrogens with one attached hydrogen (secondary N) is 4. The number of Topliss-reactive ketones (excluding diaryl/α,β-unsaturated/α-hetero) is 2. The number of ketones is 2. The standard InChI is InChI=1S/C34H58N4O6/c1-5-7-10-25(19-36-6-2)21-43-32(42)34-31(41)28-12-9-8-11-27(28)30(40)33(34,44-34)18-26(20-39)23(3)13-14-24-15-16-37-29(17-24)38-22-35-4/h24-25,27-29,35-39H,5-22H2,1-4H3. The Bertz CT molecular complexity index is 1030. The van der Waals surface area contributed by atoms with Crippen LogP contribution in [0.4, 0.5) is 0 Å². The molecular formula is C34H58N4O6. The van der Waals surface area contributed by atoms with Crippen LogP contribution in [0, 0.1) is 23.7 Å². The minimum Gasteiger partial charge on any atom is -0.463 e. The summed E-state index contributed by atoms with van der Waals surface area (Å²) in [5, 5.41) is 24.0. The summed E-state index contributed by atoms with van der Waals surface area (Å²) in [7, 11) is 1.92. The van der Waals surface area contributed by atoms with Crippen molar-refractivity contribution in [1.82, 2.24) is 21.3 Å². The molecule has 250 valence electrons. The van der Waals surface area contributed by atoms with E-state index in [0.717, 1.165) is 89.7 Å². The van der Waals surface area contributed by atoms with Crippen molar-refractivity contribution in [2.45, 2.75) is 115 Å². The van der Waals surface area contributed by atoms with Gasteiger partial charge in [0.2, 0.25) is 0 Å². The van der Waals surface area contributed by atoms with E-state index in [1.165, 1.54) is 0 Å². The number of piperidine rings is 1. The number of epoxide rings is 1. The lowest BCUT2D eigenvalue weighted by molar-refractivity contribution is -0.159. The molecule has 2 heterocycles. The molecule has 10 heteroatoms. The van der Waals surface area contributed by atoms with Gasteiger partial charge >= 0.3 is 5.97 Å². The Hall–Kier alpha value is -1.69. The number of aliphatic hydroxyl groups is 1. The fourth-order valence-electron chi connectivity index (χ4n) is 7.84. The van der Waals surface area contributed by atoms with E-state index in [2.05, 4.69) is 28.2 Å². The lowest BCUT2D eigenvalue weighted by Crippen LogP contribution is -2.58. The second-order valence-corrected chi connectivity index (χ2v) is 13.6. The van der Waals surface area contributed by atoms with E-state index < -0.39 is 29.0 Å². The Morgan fingerprint density at radius 2 is 1.91 bits per heavy atom. The van der Waals surface area contributed by atoms with E-state index in [1.54, 1.807) is 0 Å². The zero-order chi connectivity index (χ0) is 31.7. The van der Waals surface area contributed by atoms with Crippen molar-refractivity contribution in [3.63, 3.8) is 0 Å². The molecule has 2 saturated heterocycles. The largest absolute Gasteiger partial charge is 0.463 e. The minimum atomic E-state index is -1.89. The van der Waals surface area contributed by atoms with Gasteiger partial charge in [-0.05, 0) is 83.5 Å². The van der Waals surface area contributed by atoms with Crippen molar-refractivity contribution >= 4 is 17.5 Å². The molecule has 0 amide bonds. The van der Waals surface area contributed by atoms with Crippen molar-refractivity contribution < 1.29 is 29.0 Å². The highest BCUT2D eigenvalue weighted by atomic mass is 16.7. The summed E-state index contributed by atoms with van der Waals surface area (Å²) in [5.74, 6) is -1.42. The van der Waals surface area contributed by atoms with E-state index in [9.17, 15) is 19.5 Å². The molecule has 5 N–H and O–H groups in total. The third-order valence-corrected chi connectivity index (χ3v) is 10.6. The highest BCUT2D eigenvalue weighted by Gasteiger charge is 2.87. The van der Waals surface area contributed by atoms with Gasteiger partial charge < -0.3 is 30.5 Å². The summed E-state index contributed by atoms with van der Waals surface area (Å²) in [4.78, 5) is 42.2. The van der Waals surface area contributed by atoms with Gasteiger partial charge in [0, 0.05) is 37.4 Å². The average Bonchev–Trinajstić information content (AvgIpc) is 3.75. The van der Waals surface area contributed by atoms with Crippen LogP contribution in [-0.2, 0) is 23.9 Å². The number of aliphatic hydroxyl groups excluding tert-OH is 1. The zero-order valence-corrected chi connectivity index (χ0v) is 27.6. The normalized spacial score (nSPS) is 32.8. The predicted octanol–water partition coefficient (Wildman–Crippen LogP) is 2.98. The first-order valence-electron chi connectivity index (χ1n) is 17.3. The van der Waals surface area contributed by atoms with E-state index >= 15 is 0 Å². The predicted molar refractivity (Wildman–Crippen MR) is 170 cm³/mol. The fourth-order valence-corrected chi connectivity index (χ4v) is 7.84. The van der Waals surface area contributed by atoms with Crippen LogP contribution in [0.5, 0.6) is 0 Å². The number of hydrogen-bond donors (Lipinski definition) is 5. The molecule has 0 spiro atoms. The third-order valence-electron chi connectivity index (χ3n) is 10.6. The van der Waals surface area contributed by atoms with Crippen LogP contribution in [0.3, 0.4) is 0 Å². The molecule has 7 unspecified atom stereocenters. The van der Waals surface area contributed by atoms with Gasteiger partial charge in [-0.25, -0.2) is 4.79 Å². The lowest BCUT2D eigenvalue weighted by atomic mass is 9.60.